The van der Waals surface area contributed by atoms with Crippen LogP contribution in [-0.2, 0) is 10.0 Å². The van der Waals surface area contributed by atoms with Gasteiger partial charge >= 0.3 is 0 Å². The predicted molar refractivity (Wildman–Crippen MR) is 56.0 cm³/mol. The maximum absolute atomic E-state index is 11.5. The van der Waals surface area contributed by atoms with Crippen LogP contribution in [0.15, 0.2) is 23.1 Å². The van der Waals surface area contributed by atoms with Gasteiger partial charge in [0.2, 0.25) is 5.91 Å². The molecule has 0 atom stereocenters. The SMILES string of the molecule is COc1ccc(C(N)=O)cc1S(=O)(=O)NN. The number of hydrazine groups is 1. The number of carbonyl (C=O) groups excluding carboxylic acids is 1. The van der Waals surface area contributed by atoms with Gasteiger partial charge in [0, 0.05) is 5.56 Å². The van der Waals surface area contributed by atoms with E-state index in [1.165, 1.54) is 19.2 Å². The van der Waals surface area contributed by atoms with Crippen LogP contribution in [-0.4, -0.2) is 21.4 Å². The first-order chi connectivity index (χ1) is 7.42. The van der Waals surface area contributed by atoms with Crippen molar-refractivity contribution in [3.05, 3.63) is 23.8 Å². The second-order valence-corrected chi connectivity index (χ2v) is 4.53. The molecule has 0 radical (unpaired) electrons. The number of methoxy groups -OCH3 is 1. The molecule has 0 aliphatic heterocycles. The molecule has 0 heterocycles. The van der Waals surface area contributed by atoms with E-state index >= 15 is 0 Å². The van der Waals surface area contributed by atoms with E-state index in [-0.39, 0.29) is 16.2 Å². The number of carbonyl (C=O) groups is 1. The van der Waals surface area contributed by atoms with E-state index in [0.717, 1.165) is 6.07 Å². The van der Waals surface area contributed by atoms with Gasteiger partial charge < -0.3 is 10.5 Å². The topological polar surface area (TPSA) is 125 Å². The Hall–Kier alpha value is -1.64. The number of sulfonamides is 1. The summed E-state index contributed by atoms with van der Waals surface area (Å²) in [6.45, 7) is 0. The molecule has 0 unspecified atom stereocenters. The summed E-state index contributed by atoms with van der Waals surface area (Å²) < 4.78 is 27.8. The largest absolute Gasteiger partial charge is 0.495 e. The minimum atomic E-state index is -3.90. The van der Waals surface area contributed by atoms with E-state index in [0.29, 0.717) is 0 Å². The van der Waals surface area contributed by atoms with Crippen molar-refractivity contribution >= 4 is 15.9 Å². The molecule has 88 valence electrons. The Balaban J connectivity index is 3.45. The maximum atomic E-state index is 11.5. The molecule has 0 bridgehead atoms. The van der Waals surface area contributed by atoms with Gasteiger partial charge in [0.15, 0.2) is 0 Å². The first-order valence-corrected chi connectivity index (χ1v) is 5.61. The van der Waals surface area contributed by atoms with Gasteiger partial charge in [-0.3, -0.25) is 10.6 Å². The van der Waals surface area contributed by atoms with Crippen LogP contribution in [0, 0.1) is 0 Å². The van der Waals surface area contributed by atoms with Gasteiger partial charge in [0.1, 0.15) is 10.6 Å². The van der Waals surface area contributed by atoms with Gasteiger partial charge in [-0.1, -0.05) is 0 Å². The zero-order chi connectivity index (χ0) is 12.3. The van der Waals surface area contributed by atoms with Crippen LogP contribution < -0.4 is 21.1 Å². The molecule has 0 aromatic heterocycles. The fraction of sp³-hybridized carbons (Fsp3) is 0.125. The number of hydrogen-bond acceptors (Lipinski definition) is 5. The summed E-state index contributed by atoms with van der Waals surface area (Å²) >= 11 is 0. The molecule has 0 aliphatic carbocycles. The quantitative estimate of drug-likeness (QED) is 0.461. The summed E-state index contributed by atoms with van der Waals surface area (Å²) in [6.07, 6.45) is 0. The number of nitrogens with one attached hydrogen (secondary N) is 1. The van der Waals surface area contributed by atoms with E-state index in [1.54, 1.807) is 4.83 Å². The number of nitrogens with two attached hydrogens (primary N) is 2. The normalized spacial score (nSPS) is 11.1. The third-order valence-electron chi connectivity index (χ3n) is 1.89. The molecule has 0 aliphatic rings. The number of ether oxygens (including phenoxy) is 1. The zero-order valence-corrected chi connectivity index (χ0v) is 9.24. The minimum Gasteiger partial charge on any atom is -0.495 e. The summed E-state index contributed by atoms with van der Waals surface area (Å²) in [4.78, 5) is 12.3. The fourth-order valence-electron chi connectivity index (χ4n) is 1.10. The summed E-state index contributed by atoms with van der Waals surface area (Å²) in [7, 11) is -2.60. The Morgan fingerprint density at radius 1 is 1.44 bits per heavy atom. The third kappa shape index (κ3) is 2.30. The summed E-state index contributed by atoms with van der Waals surface area (Å²) in [5, 5.41) is 0. The van der Waals surface area contributed by atoms with E-state index in [2.05, 4.69) is 0 Å². The number of primary amides is 1. The van der Waals surface area contributed by atoms with Crippen LogP contribution in [0.2, 0.25) is 0 Å². The highest BCUT2D eigenvalue weighted by molar-refractivity contribution is 7.89. The van der Waals surface area contributed by atoms with Crippen molar-refractivity contribution in [2.24, 2.45) is 11.6 Å². The molecule has 1 aromatic rings. The molecule has 0 fully saturated rings. The summed E-state index contributed by atoms with van der Waals surface area (Å²) in [6, 6.07) is 3.78. The van der Waals surface area contributed by atoms with E-state index in [4.69, 9.17) is 16.3 Å². The highest BCUT2D eigenvalue weighted by atomic mass is 32.2. The van der Waals surface area contributed by atoms with Crippen molar-refractivity contribution in [1.82, 2.24) is 4.83 Å². The lowest BCUT2D eigenvalue weighted by Crippen LogP contribution is -2.30. The highest BCUT2D eigenvalue weighted by Gasteiger charge is 2.19. The van der Waals surface area contributed by atoms with Crippen LogP contribution >= 0.6 is 0 Å². The molecule has 7 nitrogen and oxygen atoms in total. The van der Waals surface area contributed by atoms with Crippen LogP contribution in [0.3, 0.4) is 0 Å². The number of amides is 1. The minimum absolute atomic E-state index is 0.0506. The van der Waals surface area contributed by atoms with Crippen LogP contribution in [0.4, 0.5) is 0 Å². The molecule has 5 N–H and O–H groups in total. The Morgan fingerprint density at radius 3 is 2.50 bits per heavy atom. The van der Waals surface area contributed by atoms with E-state index in [1.807, 2.05) is 0 Å². The average molecular weight is 245 g/mol. The first-order valence-electron chi connectivity index (χ1n) is 4.12. The predicted octanol–water partition coefficient (Wildman–Crippen LogP) is -1.05. The number of benzene rings is 1. The van der Waals surface area contributed by atoms with Gasteiger partial charge in [-0.05, 0) is 18.2 Å². The second-order valence-electron chi connectivity index (χ2n) is 2.85. The fourth-order valence-corrected chi connectivity index (χ4v) is 1.93. The van der Waals surface area contributed by atoms with Gasteiger partial charge in [-0.25, -0.2) is 8.42 Å². The van der Waals surface area contributed by atoms with Crippen molar-refractivity contribution in [1.29, 1.82) is 0 Å². The Bertz CT molecular complexity index is 512. The maximum Gasteiger partial charge on any atom is 0.256 e. The van der Waals surface area contributed by atoms with Crippen molar-refractivity contribution in [2.75, 3.05) is 7.11 Å². The van der Waals surface area contributed by atoms with E-state index in [9.17, 15) is 13.2 Å². The lowest BCUT2D eigenvalue weighted by Gasteiger charge is -2.09. The molecule has 8 heteroatoms. The summed E-state index contributed by atoms with van der Waals surface area (Å²) in [5.41, 5.74) is 5.08. The molecule has 1 amide bonds. The lowest BCUT2D eigenvalue weighted by molar-refractivity contribution is 0.1000. The molecule has 1 aromatic carbocycles. The zero-order valence-electron chi connectivity index (χ0n) is 8.43. The Morgan fingerprint density at radius 2 is 2.06 bits per heavy atom. The van der Waals surface area contributed by atoms with Crippen LogP contribution in [0.1, 0.15) is 10.4 Å². The molecular formula is C8H11N3O4S. The second kappa shape index (κ2) is 4.47. The number of hydrogen-bond donors (Lipinski definition) is 3. The van der Waals surface area contributed by atoms with Crippen LogP contribution in [0.25, 0.3) is 0 Å². The first kappa shape index (κ1) is 12.4. The summed E-state index contributed by atoms with van der Waals surface area (Å²) in [5.74, 6) is 4.21. The van der Waals surface area contributed by atoms with Crippen molar-refractivity contribution in [3.8, 4) is 5.75 Å². The molecule has 16 heavy (non-hydrogen) atoms. The van der Waals surface area contributed by atoms with Crippen molar-refractivity contribution in [2.45, 2.75) is 4.90 Å². The van der Waals surface area contributed by atoms with Crippen LogP contribution in [0.5, 0.6) is 5.75 Å². The Kier molecular flexibility index (Phi) is 3.48. The lowest BCUT2D eigenvalue weighted by atomic mass is 10.2. The highest BCUT2D eigenvalue weighted by Crippen LogP contribution is 2.24. The van der Waals surface area contributed by atoms with Gasteiger partial charge in [0.25, 0.3) is 10.0 Å². The molecular weight excluding hydrogens is 234 g/mol. The molecule has 0 saturated carbocycles. The molecule has 0 spiro atoms. The monoisotopic (exact) mass is 245 g/mol. The van der Waals surface area contributed by atoms with Gasteiger partial charge in [-0.2, -0.15) is 0 Å². The number of rotatable bonds is 4. The van der Waals surface area contributed by atoms with Crippen molar-refractivity contribution < 1.29 is 17.9 Å². The molecule has 1 rings (SSSR count). The average Bonchev–Trinajstić information content (AvgIpc) is 2.28. The molecule has 0 saturated heterocycles. The Labute approximate surface area is 92.4 Å². The van der Waals surface area contributed by atoms with Gasteiger partial charge in [-0.15, -0.1) is 4.83 Å². The smallest absolute Gasteiger partial charge is 0.256 e. The van der Waals surface area contributed by atoms with Crippen molar-refractivity contribution in [3.63, 3.8) is 0 Å². The van der Waals surface area contributed by atoms with E-state index < -0.39 is 15.9 Å². The standard InChI is InChI=1S/C8H11N3O4S/c1-15-6-3-2-5(8(9)12)4-7(6)16(13,14)11-10/h2-4,11H,10H2,1H3,(H2,9,12). The van der Waals surface area contributed by atoms with Gasteiger partial charge in [0.05, 0.1) is 7.11 Å². The third-order valence-corrected chi connectivity index (χ3v) is 3.10.